The summed E-state index contributed by atoms with van der Waals surface area (Å²) in [6.07, 6.45) is 12.9. The molecule has 3 rings (SSSR count). The molecule has 3 heteroatoms. The molecule has 0 amide bonds. The minimum Gasteiger partial charge on any atom is -0.319 e. The van der Waals surface area contributed by atoms with Crippen LogP contribution in [0.5, 0.6) is 0 Å². The van der Waals surface area contributed by atoms with Gasteiger partial charge in [-0.3, -0.25) is 4.68 Å². The lowest BCUT2D eigenvalue weighted by atomic mass is 9.66. The van der Waals surface area contributed by atoms with Crippen molar-refractivity contribution in [3.8, 4) is 0 Å². The Morgan fingerprint density at radius 3 is 2.72 bits per heavy atom. The molecule has 100 valence electrons. The third kappa shape index (κ3) is 2.33. The van der Waals surface area contributed by atoms with Gasteiger partial charge in [0.1, 0.15) is 0 Å². The Labute approximate surface area is 110 Å². The maximum absolute atomic E-state index is 4.83. The molecule has 2 aliphatic carbocycles. The van der Waals surface area contributed by atoms with Crippen LogP contribution in [0.2, 0.25) is 0 Å². The number of nitrogens with one attached hydrogen (secondary N) is 1. The summed E-state index contributed by atoms with van der Waals surface area (Å²) in [5.41, 5.74) is 1.81. The zero-order valence-electron chi connectivity index (χ0n) is 11.5. The Kier molecular flexibility index (Phi) is 3.42. The van der Waals surface area contributed by atoms with Gasteiger partial charge in [0.25, 0.3) is 0 Å². The average Bonchev–Trinajstić information content (AvgIpc) is 2.96. The van der Waals surface area contributed by atoms with E-state index >= 15 is 0 Å². The zero-order chi connectivity index (χ0) is 12.4. The quantitative estimate of drug-likeness (QED) is 0.867. The molecule has 2 aliphatic rings. The van der Waals surface area contributed by atoms with Crippen LogP contribution in [0.3, 0.4) is 0 Å². The Morgan fingerprint density at radius 1 is 1.33 bits per heavy atom. The first-order valence-electron chi connectivity index (χ1n) is 7.50. The second-order valence-corrected chi connectivity index (χ2v) is 6.29. The van der Waals surface area contributed by atoms with Crippen LogP contribution >= 0.6 is 0 Å². The van der Waals surface area contributed by atoms with Gasteiger partial charge in [-0.2, -0.15) is 5.10 Å². The molecule has 1 aromatic rings. The van der Waals surface area contributed by atoms with Crippen molar-refractivity contribution in [1.29, 1.82) is 0 Å². The first-order valence-corrected chi connectivity index (χ1v) is 7.50. The van der Waals surface area contributed by atoms with E-state index in [9.17, 15) is 0 Å². The molecule has 18 heavy (non-hydrogen) atoms. The highest BCUT2D eigenvalue weighted by molar-refractivity contribution is 5.07. The van der Waals surface area contributed by atoms with Gasteiger partial charge in [-0.25, -0.2) is 0 Å². The van der Waals surface area contributed by atoms with Gasteiger partial charge < -0.3 is 5.32 Å². The molecule has 0 aliphatic heterocycles. The van der Waals surface area contributed by atoms with E-state index in [4.69, 9.17) is 5.10 Å². The standard InChI is InChI=1S/C15H25N3/c1-16-12-15(8-4-9-15)11-13-7-10-18(17-13)14-5-2-3-6-14/h7,10,14,16H,2-6,8-9,11-12H2,1H3. The van der Waals surface area contributed by atoms with Gasteiger partial charge in [-0.15, -0.1) is 0 Å². The summed E-state index contributed by atoms with van der Waals surface area (Å²) >= 11 is 0. The molecule has 0 radical (unpaired) electrons. The van der Waals surface area contributed by atoms with Gasteiger partial charge >= 0.3 is 0 Å². The molecule has 0 spiro atoms. The van der Waals surface area contributed by atoms with Crippen LogP contribution in [0.15, 0.2) is 12.3 Å². The van der Waals surface area contributed by atoms with Crippen LogP contribution in [-0.4, -0.2) is 23.4 Å². The van der Waals surface area contributed by atoms with Crippen LogP contribution in [0.4, 0.5) is 0 Å². The van der Waals surface area contributed by atoms with Crippen molar-refractivity contribution < 1.29 is 0 Å². The maximum atomic E-state index is 4.83. The molecule has 0 aromatic carbocycles. The summed E-state index contributed by atoms with van der Waals surface area (Å²) in [6, 6.07) is 2.93. The van der Waals surface area contributed by atoms with E-state index in [1.165, 1.54) is 50.6 Å². The third-order valence-electron chi connectivity index (χ3n) is 4.88. The Balaban J connectivity index is 1.65. The Hall–Kier alpha value is -0.830. The second-order valence-electron chi connectivity index (χ2n) is 6.29. The van der Waals surface area contributed by atoms with Crippen molar-refractivity contribution in [3.63, 3.8) is 0 Å². The molecule has 2 fully saturated rings. The number of nitrogens with zero attached hydrogens (tertiary/aromatic N) is 2. The minimum absolute atomic E-state index is 0.504. The molecule has 0 atom stereocenters. The number of rotatable bonds is 5. The molecule has 1 aromatic heterocycles. The molecule has 2 saturated carbocycles. The fraction of sp³-hybridized carbons (Fsp3) is 0.800. The Morgan fingerprint density at radius 2 is 2.11 bits per heavy atom. The van der Waals surface area contributed by atoms with Crippen molar-refractivity contribution in [2.45, 2.75) is 57.4 Å². The maximum Gasteiger partial charge on any atom is 0.0630 e. The van der Waals surface area contributed by atoms with Gasteiger partial charge in [0.2, 0.25) is 0 Å². The van der Waals surface area contributed by atoms with Crippen LogP contribution in [-0.2, 0) is 6.42 Å². The predicted molar refractivity (Wildman–Crippen MR) is 73.6 cm³/mol. The van der Waals surface area contributed by atoms with Crippen LogP contribution in [0.1, 0.15) is 56.7 Å². The topological polar surface area (TPSA) is 29.9 Å². The molecular formula is C15H25N3. The lowest BCUT2D eigenvalue weighted by Gasteiger charge is -2.41. The summed E-state index contributed by atoms with van der Waals surface area (Å²) in [6.45, 7) is 1.14. The minimum atomic E-state index is 0.504. The first-order chi connectivity index (χ1) is 8.81. The highest BCUT2D eigenvalue weighted by Gasteiger charge is 2.37. The third-order valence-corrected chi connectivity index (χ3v) is 4.88. The highest BCUT2D eigenvalue weighted by Crippen LogP contribution is 2.43. The van der Waals surface area contributed by atoms with E-state index in [0.29, 0.717) is 11.5 Å². The summed E-state index contributed by atoms with van der Waals surface area (Å²) in [5, 5.41) is 8.19. The molecule has 1 heterocycles. The van der Waals surface area contributed by atoms with Crippen molar-refractivity contribution in [1.82, 2.24) is 15.1 Å². The van der Waals surface area contributed by atoms with Gasteiger partial charge in [0.05, 0.1) is 11.7 Å². The lowest BCUT2D eigenvalue weighted by Crippen LogP contribution is -2.40. The molecular weight excluding hydrogens is 222 g/mol. The van der Waals surface area contributed by atoms with E-state index in [1.54, 1.807) is 0 Å². The summed E-state index contributed by atoms with van der Waals surface area (Å²) in [4.78, 5) is 0. The van der Waals surface area contributed by atoms with Crippen molar-refractivity contribution in [3.05, 3.63) is 18.0 Å². The van der Waals surface area contributed by atoms with E-state index in [2.05, 4.69) is 29.3 Å². The second kappa shape index (κ2) is 5.04. The number of hydrogen-bond donors (Lipinski definition) is 1. The summed E-state index contributed by atoms with van der Waals surface area (Å²) in [7, 11) is 2.07. The number of hydrogen-bond acceptors (Lipinski definition) is 2. The Bertz CT molecular complexity index is 386. The number of aromatic nitrogens is 2. The molecule has 0 saturated heterocycles. The van der Waals surface area contributed by atoms with Crippen molar-refractivity contribution >= 4 is 0 Å². The van der Waals surface area contributed by atoms with Crippen LogP contribution < -0.4 is 5.32 Å². The molecule has 1 N–H and O–H groups in total. The largest absolute Gasteiger partial charge is 0.319 e. The van der Waals surface area contributed by atoms with Gasteiger partial charge in [0.15, 0.2) is 0 Å². The van der Waals surface area contributed by atoms with Crippen molar-refractivity contribution in [2.24, 2.45) is 5.41 Å². The SMILES string of the molecule is CNCC1(Cc2ccn(C3CCCC3)n2)CCC1. The lowest BCUT2D eigenvalue weighted by molar-refractivity contribution is 0.131. The molecule has 3 nitrogen and oxygen atoms in total. The predicted octanol–water partition coefficient (Wildman–Crippen LogP) is 2.93. The fourth-order valence-corrected chi connectivity index (χ4v) is 3.70. The highest BCUT2D eigenvalue weighted by atomic mass is 15.3. The zero-order valence-corrected chi connectivity index (χ0v) is 11.5. The van der Waals surface area contributed by atoms with Gasteiger partial charge in [0, 0.05) is 12.7 Å². The summed E-state index contributed by atoms with van der Waals surface area (Å²) < 4.78 is 2.23. The summed E-state index contributed by atoms with van der Waals surface area (Å²) in [5.74, 6) is 0. The van der Waals surface area contributed by atoms with E-state index in [1.807, 2.05) is 0 Å². The molecule has 0 bridgehead atoms. The normalized spacial score (nSPS) is 23.2. The smallest absolute Gasteiger partial charge is 0.0630 e. The van der Waals surface area contributed by atoms with Crippen molar-refractivity contribution in [2.75, 3.05) is 13.6 Å². The van der Waals surface area contributed by atoms with Gasteiger partial charge in [-0.1, -0.05) is 19.3 Å². The van der Waals surface area contributed by atoms with Crippen LogP contribution in [0, 0.1) is 5.41 Å². The average molecular weight is 247 g/mol. The van der Waals surface area contributed by atoms with E-state index in [0.717, 1.165) is 13.0 Å². The van der Waals surface area contributed by atoms with Gasteiger partial charge in [-0.05, 0) is 50.6 Å². The fourth-order valence-electron chi connectivity index (χ4n) is 3.70. The van der Waals surface area contributed by atoms with Crippen LogP contribution in [0.25, 0.3) is 0 Å². The van der Waals surface area contributed by atoms with E-state index < -0.39 is 0 Å². The monoisotopic (exact) mass is 247 g/mol. The molecule has 0 unspecified atom stereocenters. The van der Waals surface area contributed by atoms with E-state index in [-0.39, 0.29) is 0 Å². The first kappa shape index (κ1) is 12.2.